The van der Waals surface area contributed by atoms with Gasteiger partial charge in [0.2, 0.25) is 5.88 Å². The maximum Gasteiger partial charge on any atom is 0.212 e. The summed E-state index contributed by atoms with van der Waals surface area (Å²) in [6.07, 6.45) is 2.82. The van der Waals surface area contributed by atoms with Crippen molar-refractivity contribution in [1.82, 2.24) is 15.3 Å². The molecule has 0 aromatic carbocycles. The van der Waals surface area contributed by atoms with Gasteiger partial charge in [0.15, 0.2) is 0 Å². The van der Waals surface area contributed by atoms with E-state index in [9.17, 15) is 0 Å². The molecule has 0 bridgehead atoms. The van der Waals surface area contributed by atoms with Gasteiger partial charge in [-0.1, -0.05) is 6.07 Å². The summed E-state index contributed by atoms with van der Waals surface area (Å²) in [6, 6.07) is 4.36. The van der Waals surface area contributed by atoms with Crippen LogP contribution in [0.3, 0.4) is 0 Å². The van der Waals surface area contributed by atoms with E-state index in [1.54, 1.807) is 18.4 Å². The summed E-state index contributed by atoms with van der Waals surface area (Å²) in [5.41, 5.74) is 4.22. The number of thiazole rings is 1. The summed E-state index contributed by atoms with van der Waals surface area (Å²) in [5, 5.41) is 3.51. The van der Waals surface area contributed by atoms with Crippen LogP contribution in [0.2, 0.25) is 0 Å². The first kappa shape index (κ1) is 14.0. The Morgan fingerprint density at radius 1 is 1.37 bits per heavy atom. The predicted molar refractivity (Wildman–Crippen MR) is 77.6 cm³/mol. The Hall–Kier alpha value is -1.46. The SMILES string of the molecule is COc1ccc(CC(C)NCc2scnc2C)cn1. The number of nitrogens with one attached hydrogen (secondary N) is 1. The van der Waals surface area contributed by atoms with Crippen LogP contribution in [0.15, 0.2) is 23.8 Å². The second-order valence-corrected chi connectivity index (χ2v) is 5.50. The zero-order valence-corrected chi connectivity index (χ0v) is 12.3. The highest BCUT2D eigenvalue weighted by molar-refractivity contribution is 7.09. The van der Waals surface area contributed by atoms with Crippen LogP contribution in [0, 0.1) is 6.92 Å². The number of pyridine rings is 1. The van der Waals surface area contributed by atoms with Gasteiger partial charge < -0.3 is 10.1 Å². The number of aryl methyl sites for hydroxylation is 1. The van der Waals surface area contributed by atoms with Crippen LogP contribution < -0.4 is 10.1 Å². The fraction of sp³-hybridized carbons (Fsp3) is 0.429. The van der Waals surface area contributed by atoms with Crippen molar-refractivity contribution in [3.63, 3.8) is 0 Å². The van der Waals surface area contributed by atoms with Gasteiger partial charge in [-0.05, 0) is 25.8 Å². The molecule has 102 valence electrons. The Labute approximate surface area is 117 Å². The van der Waals surface area contributed by atoms with Crippen molar-refractivity contribution in [3.05, 3.63) is 40.0 Å². The van der Waals surface area contributed by atoms with Crippen LogP contribution in [-0.2, 0) is 13.0 Å². The largest absolute Gasteiger partial charge is 0.481 e. The Bertz CT molecular complexity index is 510. The lowest BCUT2D eigenvalue weighted by atomic mass is 10.1. The third-order valence-electron chi connectivity index (χ3n) is 3.00. The Morgan fingerprint density at radius 2 is 2.21 bits per heavy atom. The summed E-state index contributed by atoms with van der Waals surface area (Å²) in [5.74, 6) is 0.657. The molecular formula is C14H19N3OS. The average molecular weight is 277 g/mol. The number of aromatic nitrogens is 2. The molecule has 0 saturated carbocycles. The molecule has 1 atom stereocenters. The number of ether oxygens (including phenoxy) is 1. The maximum atomic E-state index is 5.05. The summed E-state index contributed by atoms with van der Waals surface area (Å²) in [4.78, 5) is 9.77. The minimum Gasteiger partial charge on any atom is -0.481 e. The molecule has 19 heavy (non-hydrogen) atoms. The Kier molecular flexibility index (Phi) is 4.87. The third-order valence-corrected chi connectivity index (χ3v) is 3.94. The van der Waals surface area contributed by atoms with Gasteiger partial charge in [0.1, 0.15) is 0 Å². The molecule has 2 aromatic rings. The van der Waals surface area contributed by atoms with Crippen LogP contribution in [0.25, 0.3) is 0 Å². The summed E-state index contributed by atoms with van der Waals surface area (Å²) >= 11 is 1.70. The van der Waals surface area contributed by atoms with Crippen molar-refractivity contribution in [1.29, 1.82) is 0 Å². The Balaban J connectivity index is 1.83. The van der Waals surface area contributed by atoms with Crippen molar-refractivity contribution >= 4 is 11.3 Å². The summed E-state index contributed by atoms with van der Waals surface area (Å²) < 4.78 is 5.05. The number of hydrogen-bond acceptors (Lipinski definition) is 5. The lowest BCUT2D eigenvalue weighted by Crippen LogP contribution is -2.27. The van der Waals surface area contributed by atoms with Crippen LogP contribution in [0.5, 0.6) is 5.88 Å². The van der Waals surface area contributed by atoms with E-state index in [2.05, 4.69) is 28.3 Å². The molecule has 1 unspecified atom stereocenters. The highest BCUT2D eigenvalue weighted by atomic mass is 32.1. The molecule has 0 amide bonds. The van der Waals surface area contributed by atoms with E-state index in [4.69, 9.17) is 4.74 Å². The van der Waals surface area contributed by atoms with Gasteiger partial charge in [0.25, 0.3) is 0 Å². The first-order valence-electron chi connectivity index (χ1n) is 6.30. The van der Waals surface area contributed by atoms with Gasteiger partial charge in [-0.3, -0.25) is 0 Å². The van der Waals surface area contributed by atoms with Crippen molar-refractivity contribution in [2.24, 2.45) is 0 Å². The van der Waals surface area contributed by atoms with E-state index in [1.165, 1.54) is 10.4 Å². The van der Waals surface area contributed by atoms with Crippen LogP contribution in [0.1, 0.15) is 23.1 Å². The maximum absolute atomic E-state index is 5.05. The lowest BCUT2D eigenvalue weighted by molar-refractivity contribution is 0.397. The normalized spacial score (nSPS) is 12.4. The van der Waals surface area contributed by atoms with Gasteiger partial charge in [-0.25, -0.2) is 9.97 Å². The molecule has 0 spiro atoms. The molecule has 0 aliphatic carbocycles. The highest BCUT2D eigenvalue weighted by Crippen LogP contribution is 2.13. The fourth-order valence-electron chi connectivity index (χ4n) is 1.84. The predicted octanol–water partition coefficient (Wildman–Crippen LogP) is 2.58. The van der Waals surface area contributed by atoms with E-state index in [0.29, 0.717) is 11.9 Å². The minimum atomic E-state index is 0.400. The summed E-state index contributed by atoms with van der Waals surface area (Å²) in [6.45, 7) is 5.10. The van der Waals surface area contributed by atoms with Gasteiger partial charge in [0, 0.05) is 29.7 Å². The lowest BCUT2D eigenvalue weighted by Gasteiger charge is -2.13. The smallest absolute Gasteiger partial charge is 0.212 e. The monoisotopic (exact) mass is 277 g/mol. The van der Waals surface area contributed by atoms with E-state index < -0.39 is 0 Å². The fourth-order valence-corrected chi connectivity index (χ4v) is 2.57. The van der Waals surface area contributed by atoms with Gasteiger partial charge in [-0.2, -0.15) is 0 Å². The molecule has 0 fully saturated rings. The minimum absolute atomic E-state index is 0.400. The van der Waals surface area contributed by atoms with Crippen molar-refractivity contribution in [2.75, 3.05) is 7.11 Å². The topological polar surface area (TPSA) is 47.0 Å². The molecule has 2 aromatic heterocycles. The molecule has 2 rings (SSSR count). The molecular weight excluding hydrogens is 258 g/mol. The Morgan fingerprint density at radius 3 is 2.79 bits per heavy atom. The second-order valence-electron chi connectivity index (χ2n) is 4.56. The van der Waals surface area contributed by atoms with Crippen molar-refractivity contribution < 1.29 is 4.74 Å². The number of nitrogens with zero attached hydrogens (tertiary/aromatic N) is 2. The van der Waals surface area contributed by atoms with E-state index in [-0.39, 0.29) is 0 Å². The van der Waals surface area contributed by atoms with Crippen molar-refractivity contribution in [3.8, 4) is 5.88 Å². The molecule has 1 N–H and O–H groups in total. The zero-order valence-electron chi connectivity index (χ0n) is 11.5. The third kappa shape index (κ3) is 4.01. The number of rotatable bonds is 6. The first-order chi connectivity index (χ1) is 9.19. The highest BCUT2D eigenvalue weighted by Gasteiger charge is 2.06. The quantitative estimate of drug-likeness (QED) is 0.881. The second kappa shape index (κ2) is 6.63. The van der Waals surface area contributed by atoms with Crippen LogP contribution in [-0.4, -0.2) is 23.1 Å². The molecule has 0 aliphatic rings. The summed E-state index contributed by atoms with van der Waals surface area (Å²) in [7, 11) is 1.63. The standard InChI is InChI=1S/C14H19N3OS/c1-10(15-8-13-11(2)17-9-19-13)6-12-4-5-14(18-3)16-7-12/h4-5,7,9-10,15H,6,8H2,1-3H3. The first-order valence-corrected chi connectivity index (χ1v) is 7.18. The molecule has 0 saturated heterocycles. The zero-order chi connectivity index (χ0) is 13.7. The van der Waals surface area contributed by atoms with Gasteiger partial charge in [0.05, 0.1) is 18.3 Å². The molecule has 0 aliphatic heterocycles. The van der Waals surface area contributed by atoms with Crippen molar-refractivity contribution in [2.45, 2.75) is 32.9 Å². The number of methoxy groups -OCH3 is 1. The van der Waals surface area contributed by atoms with Gasteiger partial charge in [-0.15, -0.1) is 11.3 Å². The van der Waals surface area contributed by atoms with E-state index in [0.717, 1.165) is 18.7 Å². The molecule has 5 heteroatoms. The molecule has 0 radical (unpaired) electrons. The molecule has 2 heterocycles. The average Bonchev–Trinajstić information content (AvgIpc) is 2.83. The van der Waals surface area contributed by atoms with Crippen LogP contribution in [0.4, 0.5) is 0 Å². The molecule has 4 nitrogen and oxygen atoms in total. The van der Waals surface area contributed by atoms with Crippen LogP contribution >= 0.6 is 11.3 Å². The van der Waals surface area contributed by atoms with Gasteiger partial charge >= 0.3 is 0 Å². The van der Waals surface area contributed by atoms with E-state index in [1.807, 2.05) is 24.7 Å². The van der Waals surface area contributed by atoms with E-state index >= 15 is 0 Å². The number of hydrogen-bond donors (Lipinski definition) is 1.